The molecule has 0 N–H and O–H groups in total. The molecule has 0 unspecified atom stereocenters. The SMILES string of the molecule is CCCOc1cccc(CCCCN(C)C=O)c1. The Morgan fingerprint density at radius 2 is 2.17 bits per heavy atom. The third-order valence-corrected chi connectivity index (χ3v) is 2.78. The highest BCUT2D eigenvalue weighted by Gasteiger charge is 1.98. The second-order valence-electron chi connectivity index (χ2n) is 4.54. The van der Waals surface area contributed by atoms with Crippen LogP contribution in [0.25, 0.3) is 0 Å². The second kappa shape index (κ2) is 8.56. The van der Waals surface area contributed by atoms with Crippen LogP contribution in [0.3, 0.4) is 0 Å². The standard InChI is InChI=1S/C15H23NO2/c1-3-11-18-15-9-6-8-14(12-15)7-4-5-10-16(2)13-17/h6,8-9,12-13H,3-5,7,10-11H2,1-2H3. The number of hydrogen-bond donors (Lipinski definition) is 0. The van der Waals surface area contributed by atoms with Crippen molar-refractivity contribution >= 4 is 6.41 Å². The highest BCUT2D eigenvalue weighted by atomic mass is 16.5. The normalized spacial score (nSPS) is 10.1. The molecule has 0 fully saturated rings. The highest BCUT2D eigenvalue weighted by molar-refractivity contribution is 5.46. The van der Waals surface area contributed by atoms with Gasteiger partial charge in [0, 0.05) is 13.6 Å². The van der Waals surface area contributed by atoms with Gasteiger partial charge in [0.05, 0.1) is 6.61 Å². The minimum atomic E-state index is 0.771. The lowest BCUT2D eigenvalue weighted by Crippen LogP contribution is -2.17. The van der Waals surface area contributed by atoms with Crippen molar-refractivity contribution in [2.24, 2.45) is 0 Å². The zero-order chi connectivity index (χ0) is 13.2. The minimum absolute atomic E-state index is 0.771. The molecule has 0 aromatic heterocycles. The first-order valence-electron chi connectivity index (χ1n) is 6.63. The summed E-state index contributed by atoms with van der Waals surface area (Å²) in [5.41, 5.74) is 1.30. The van der Waals surface area contributed by atoms with E-state index in [9.17, 15) is 4.79 Å². The van der Waals surface area contributed by atoms with Gasteiger partial charge in [-0.1, -0.05) is 19.1 Å². The zero-order valence-electron chi connectivity index (χ0n) is 11.4. The van der Waals surface area contributed by atoms with Crippen molar-refractivity contribution in [2.75, 3.05) is 20.2 Å². The summed E-state index contributed by atoms with van der Waals surface area (Å²) in [6.45, 7) is 3.70. The number of rotatable bonds is 9. The van der Waals surface area contributed by atoms with E-state index >= 15 is 0 Å². The molecular weight excluding hydrogens is 226 g/mol. The van der Waals surface area contributed by atoms with Gasteiger partial charge in [0.15, 0.2) is 0 Å². The molecule has 18 heavy (non-hydrogen) atoms. The van der Waals surface area contributed by atoms with Crippen LogP contribution in [-0.2, 0) is 11.2 Å². The number of nitrogens with zero attached hydrogens (tertiary/aromatic N) is 1. The number of unbranched alkanes of at least 4 members (excludes halogenated alkanes) is 1. The molecule has 0 saturated carbocycles. The van der Waals surface area contributed by atoms with E-state index in [1.807, 2.05) is 19.2 Å². The van der Waals surface area contributed by atoms with E-state index in [2.05, 4.69) is 19.1 Å². The highest BCUT2D eigenvalue weighted by Crippen LogP contribution is 2.15. The van der Waals surface area contributed by atoms with E-state index < -0.39 is 0 Å². The van der Waals surface area contributed by atoms with Gasteiger partial charge in [-0.05, 0) is 43.4 Å². The largest absolute Gasteiger partial charge is 0.494 e. The average molecular weight is 249 g/mol. The maximum Gasteiger partial charge on any atom is 0.209 e. The molecule has 0 aliphatic heterocycles. The van der Waals surface area contributed by atoms with Gasteiger partial charge in [-0.25, -0.2) is 0 Å². The van der Waals surface area contributed by atoms with Gasteiger partial charge >= 0.3 is 0 Å². The number of ether oxygens (including phenoxy) is 1. The Bertz CT molecular complexity index is 352. The van der Waals surface area contributed by atoms with E-state index in [1.165, 1.54) is 5.56 Å². The molecular formula is C15H23NO2. The summed E-state index contributed by atoms with van der Waals surface area (Å²) in [7, 11) is 1.81. The molecule has 0 spiro atoms. The molecule has 3 nitrogen and oxygen atoms in total. The first-order valence-corrected chi connectivity index (χ1v) is 6.63. The fourth-order valence-corrected chi connectivity index (χ4v) is 1.75. The second-order valence-corrected chi connectivity index (χ2v) is 4.54. The first-order chi connectivity index (χ1) is 8.76. The van der Waals surface area contributed by atoms with E-state index in [1.54, 1.807) is 4.90 Å². The molecule has 3 heteroatoms. The van der Waals surface area contributed by atoms with Crippen LogP contribution in [0.4, 0.5) is 0 Å². The fraction of sp³-hybridized carbons (Fsp3) is 0.533. The smallest absolute Gasteiger partial charge is 0.209 e. The topological polar surface area (TPSA) is 29.5 Å². The molecule has 1 amide bonds. The molecule has 0 atom stereocenters. The Hall–Kier alpha value is -1.51. The molecule has 1 aromatic rings. The lowest BCUT2D eigenvalue weighted by Gasteiger charge is -2.10. The molecule has 0 radical (unpaired) electrons. The number of aryl methyl sites for hydroxylation is 1. The predicted molar refractivity (Wildman–Crippen MR) is 73.9 cm³/mol. The van der Waals surface area contributed by atoms with Gasteiger partial charge in [0.1, 0.15) is 5.75 Å². The number of carbonyl (C=O) groups is 1. The Balaban J connectivity index is 2.31. The van der Waals surface area contributed by atoms with Crippen LogP contribution in [0.1, 0.15) is 31.7 Å². The first kappa shape index (κ1) is 14.6. The molecule has 100 valence electrons. The Morgan fingerprint density at radius 3 is 2.89 bits per heavy atom. The molecule has 0 heterocycles. The van der Waals surface area contributed by atoms with Gasteiger partial charge in [-0.2, -0.15) is 0 Å². The van der Waals surface area contributed by atoms with Gasteiger partial charge in [-0.15, -0.1) is 0 Å². The van der Waals surface area contributed by atoms with E-state index in [4.69, 9.17) is 4.74 Å². The third-order valence-electron chi connectivity index (χ3n) is 2.78. The van der Waals surface area contributed by atoms with Crippen molar-refractivity contribution in [3.63, 3.8) is 0 Å². The third kappa shape index (κ3) is 5.71. The number of carbonyl (C=O) groups excluding carboxylic acids is 1. The maximum atomic E-state index is 10.4. The van der Waals surface area contributed by atoms with E-state index in [-0.39, 0.29) is 0 Å². The van der Waals surface area contributed by atoms with Crippen molar-refractivity contribution in [3.05, 3.63) is 29.8 Å². The minimum Gasteiger partial charge on any atom is -0.494 e. The fourth-order valence-electron chi connectivity index (χ4n) is 1.75. The molecule has 0 saturated heterocycles. The van der Waals surface area contributed by atoms with Crippen LogP contribution in [0.15, 0.2) is 24.3 Å². The van der Waals surface area contributed by atoms with E-state index in [0.717, 1.165) is 51.0 Å². The van der Waals surface area contributed by atoms with Crippen LogP contribution in [0.5, 0.6) is 5.75 Å². The molecule has 1 aromatic carbocycles. The number of hydrogen-bond acceptors (Lipinski definition) is 2. The van der Waals surface area contributed by atoms with Gasteiger partial charge in [0.2, 0.25) is 6.41 Å². The van der Waals surface area contributed by atoms with E-state index in [0.29, 0.717) is 0 Å². The number of benzene rings is 1. The van der Waals surface area contributed by atoms with Crippen LogP contribution >= 0.6 is 0 Å². The van der Waals surface area contributed by atoms with Crippen molar-refractivity contribution in [3.8, 4) is 5.75 Å². The number of amides is 1. The Labute approximate surface area is 110 Å². The average Bonchev–Trinajstić information content (AvgIpc) is 2.41. The van der Waals surface area contributed by atoms with Crippen molar-refractivity contribution in [2.45, 2.75) is 32.6 Å². The van der Waals surface area contributed by atoms with Gasteiger partial charge < -0.3 is 9.64 Å². The van der Waals surface area contributed by atoms with Crippen LogP contribution < -0.4 is 4.74 Å². The lowest BCUT2D eigenvalue weighted by atomic mass is 10.1. The van der Waals surface area contributed by atoms with Gasteiger partial charge in [0.25, 0.3) is 0 Å². The molecule has 0 bridgehead atoms. The predicted octanol–water partition coefficient (Wildman–Crippen LogP) is 2.89. The summed E-state index contributed by atoms with van der Waals surface area (Å²) >= 11 is 0. The summed E-state index contributed by atoms with van der Waals surface area (Å²) in [6.07, 6.45) is 5.07. The zero-order valence-corrected chi connectivity index (χ0v) is 11.4. The maximum absolute atomic E-state index is 10.4. The van der Waals surface area contributed by atoms with Crippen molar-refractivity contribution in [1.82, 2.24) is 4.90 Å². The van der Waals surface area contributed by atoms with Gasteiger partial charge in [-0.3, -0.25) is 4.79 Å². The molecule has 1 rings (SSSR count). The summed E-state index contributed by atoms with van der Waals surface area (Å²) in [6, 6.07) is 8.28. The quantitative estimate of drug-likeness (QED) is 0.497. The monoisotopic (exact) mass is 249 g/mol. The summed E-state index contributed by atoms with van der Waals surface area (Å²) in [4.78, 5) is 12.1. The Kier molecular flexibility index (Phi) is 6.92. The van der Waals surface area contributed by atoms with Crippen LogP contribution in [0, 0.1) is 0 Å². The molecule has 0 aliphatic carbocycles. The Morgan fingerprint density at radius 1 is 1.33 bits per heavy atom. The summed E-state index contributed by atoms with van der Waals surface area (Å²) < 4.78 is 5.60. The van der Waals surface area contributed by atoms with Crippen LogP contribution in [-0.4, -0.2) is 31.5 Å². The molecule has 0 aliphatic rings. The van der Waals surface area contributed by atoms with Crippen molar-refractivity contribution in [1.29, 1.82) is 0 Å². The van der Waals surface area contributed by atoms with Crippen molar-refractivity contribution < 1.29 is 9.53 Å². The summed E-state index contributed by atoms with van der Waals surface area (Å²) in [5.74, 6) is 0.958. The lowest BCUT2D eigenvalue weighted by molar-refractivity contribution is -0.117. The van der Waals surface area contributed by atoms with Crippen LogP contribution in [0.2, 0.25) is 0 Å². The summed E-state index contributed by atoms with van der Waals surface area (Å²) in [5, 5.41) is 0.